The number of nitrogens with one attached hydrogen (secondary N) is 1. The summed E-state index contributed by atoms with van der Waals surface area (Å²) in [6.45, 7) is 1.60. The molecule has 6 nitrogen and oxygen atoms in total. The first-order chi connectivity index (χ1) is 12.6. The lowest BCUT2D eigenvalue weighted by molar-refractivity contribution is -0.149. The molecule has 1 N–H and O–H groups in total. The van der Waals surface area contributed by atoms with Crippen LogP contribution in [0.4, 0.5) is 10.1 Å². The van der Waals surface area contributed by atoms with Crippen molar-refractivity contribution in [2.75, 3.05) is 25.1 Å². The van der Waals surface area contributed by atoms with Crippen molar-refractivity contribution in [3.63, 3.8) is 0 Å². The predicted octanol–water partition coefficient (Wildman–Crippen LogP) is 3.18. The number of benzene rings is 2. The van der Waals surface area contributed by atoms with Gasteiger partial charge in [0.1, 0.15) is 5.82 Å². The van der Waals surface area contributed by atoms with Crippen LogP contribution >= 0.6 is 0 Å². The van der Waals surface area contributed by atoms with Crippen LogP contribution in [0.25, 0.3) is 0 Å². The van der Waals surface area contributed by atoms with Crippen molar-refractivity contribution in [3.05, 3.63) is 54.3 Å². The van der Waals surface area contributed by atoms with Crippen LogP contribution < -0.4 is 14.8 Å². The van der Waals surface area contributed by atoms with E-state index in [1.54, 1.807) is 30.3 Å². The monoisotopic (exact) mass is 361 g/mol. The van der Waals surface area contributed by atoms with Crippen molar-refractivity contribution in [2.45, 2.75) is 13.3 Å². The van der Waals surface area contributed by atoms with Crippen LogP contribution in [-0.4, -0.2) is 31.7 Å². The van der Waals surface area contributed by atoms with Gasteiger partial charge in [0.05, 0.1) is 12.3 Å². The number of halogens is 1. The Hall–Kier alpha value is -3.09. The van der Waals surface area contributed by atoms with Crippen LogP contribution in [-0.2, 0) is 14.3 Å². The molecule has 0 fully saturated rings. The quantitative estimate of drug-likeness (QED) is 0.695. The Morgan fingerprint density at radius 1 is 0.962 bits per heavy atom. The van der Waals surface area contributed by atoms with Crippen LogP contribution in [0.2, 0.25) is 0 Å². The molecule has 0 radical (unpaired) electrons. The van der Waals surface area contributed by atoms with E-state index in [2.05, 4.69) is 5.32 Å². The molecular formula is C19H20FNO5. The highest BCUT2D eigenvalue weighted by atomic mass is 19.1. The number of esters is 1. The SMILES string of the molecule is CCCOc1ccccc1OCC(=O)OCC(=O)Nc1ccccc1F. The summed E-state index contributed by atoms with van der Waals surface area (Å²) in [6, 6.07) is 12.7. The van der Waals surface area contributed by atoms with Gasteiger partial charge in [0.25, 0.3) is 5.91 Å². The lowest BCUT2D eigenvalue weighted by Gasteiger charge is -2.12. The fraction of sp³-hybridized carbons (Fsp3) is 0.263. The van der Waals surface area contributed by atoms with E-state index in [4.69, 9.17) is 14.2 Å². The Balaban J connectivity index is 1.77. The maximum Gasteiger partial charge on any atom is 0.344 e. The summed E-state index contributed by atoms with van der Waals surface area (Å²) in [5, 5.41) is 2.32. The third kappa shape index (κ3) is 6.08. The molecule has 2 aromatic rings. The normalized spacial score (nSPS) is 10.1. The average Bonchev–Trinajstić information content (AvgIpc) is 2.65. The molecule has 0 saturated heterocycles. The first-order valence-electron chi connectivity index (χ1n) is 8.14. The van der Waals surface area contributed by atoms with Crippen LogP contribution in [0, 0.1) is 5.82 Å². The molecule has 2 aromatic carbocycles. The average molecular weight is 361 g/mol. The largest absolute Gasteiger partial charge is 0.490 e. The van der Waals surface area contributed by atoms with Gasteiger partial charge in [-0.25, -0.2) is 9.18 Å². The smallest absolute Gasteiger partial charge is 0.344 e. The minimum Gasteiger partial charge on any atom is -0.490 e. The van der Waals surface area contributed by atoms with Gasteiger partial charge in [-0.1, -0.05) is 31.2 Å². The van der Waals surface area contributed by atoms with Gasteiger partial charge in [-0.05, 0) is 30.7 Å². The van der Waals surface area contributed by atoms with Crippen molar-refractivity contribution in [1.82, 2.24) is 0 Å². The van der Waals surface area contributed by atoms with Crippen LogP contribution in [0.1, 0.15) is 13.3 Å². The van der Waals surface area contributed by atoms with E-state index >= 15 is 0 Å². The van der Waals surface area contributed by atoms with E-state index in [9.17, 15) is 14.0 Å². The summed E-state index contributed by atoms with van der Waals surface area (Å²) < 4.78 is 29.1. The van der Waals surface area contributed by atoms with Crippen molar-refractivity contribution in [1.29, 1.82) is 0 Å². The summed E-state index contributed by atoms with van der Waals surface area (Å²) in [4.78, 5) is 23.4. The second-order valence-electron chi connectivity index (χ2n) is 5.27. The number of ether oxygens (including phenoxy) is 3. The molecule has 0 saturated carbocycles. The number of carbonyl (C=O) groups excluding carboxylic acids is 2. The molecule has 2 rings (SSSR count). The zero-order valence-electron chi connectivity index (χ0n) is 14.4. The fourth-order valence-electron chi connectivity index (χ4n) is 1.97. The number of anilines is 1. The van der Waals surface area contributed by atoms with E-state index in [-0.39, 0.29) is 12.3 Å². The molecule has 0 unspecified atom stereocenters. The molecule has 1 amide bonds. The van der Waals surface area contributed by atoms with Gasteiger partial charge >= 0.3 is 5.97 Å². The van der Waals surface area contributed by atoms with Gasteiger partial charge in [0.15, 0.2) is 24.7 Å². The van der Waals surface area contributed by atoms with Crippen LogP contribution in [0.3, 0.4) is 0 Å². The maximum absolute atomic E-state index is 13.4. The predicted molar refractivity (Wildman–Crippen MR) is 93.7 cm³/mol. The Kier molecular flexibility index (Phi) is 7.42. The van der Waals surface area contributed by atoms with E-state index in [0.29, 0.717) is 18.1 Å². The number of rotatable bonds is 9. The highest BCUT2D eigenvalue weighted by molar-refractivity contribution is 5.92. The maximum atomic E-state index is 13.4. The van der Waals surface area contributed by atoms with Gasteiger partial charge in [0, 0.05) is 0 Å². The topological polar surface area (TPSA) is 73.9 Å². The minimum atomic E-state index is -0.723. The first-order valence-corrected chi connectivity index (χ1v) is 8.14. The number of para-hydroxylation sites is 3. The summed E-state index contributed by atoms with van der Waals surface area (Å²) in [7, 11) is 0. The molecular weight excluding hydrogens is 341 g/mol. The second-order valence-corrected chi connectivity index (χ2v) is 5.27. The highest BCUT2D eigenvalue weighted by Crippen LogP contribution is 2.26. The van der Waals surface area contributed by atoms with E-state index in [1.165, 1.54) is 18.2 Å². The lowest BCUT2D eigenvalue weighted by Crippen LogP contribution is -2.24. The fourth-order valence-corrected chi connectivity index (χ4v) is 1.97. The standard InChI is InChI=1S/C19H20FNO5/c1-2-11-24-16-9-5-6-10-17(16)25-13-19(23)26-12-18(22)21-15-8-4-3-7-14(15)20/h3-10H,2,11-13H2,1H3,(H,21,22). The molecule has 7 heteroatoms. The van der Waals surface area contributed by atoms with Crippen molar-refractivity contribution >= 4 is 17.6 Å². The molecule has 138 valence electrons. The van der Waals surface area contributed by atoms with Gasteiger partial charge in [-0.15, -0.1) is 0 Å². The number of hydrogen-bond donors (Lipinski definition) is 1. The minimum absolute atomic E-state index is 0.0202. The second kappa shape index (κ2) is 10.0. The Bertz CT molecular complexity index is 750. The zero-order valence-corrected chi connectivity index (χ0v) is 14.4. The summed E-state index contributed by atoms with van der Waals surface area (Å²) >= 11 is 0. The molecule has 0 aliphatic carbocycles. The molecule has 0 bridgehead atoms. The van der Waals surface area contributed by atoms with Crippen LogP contribution in [0.15, 0.2) is 48.5 Å². The molecule has 0 heterocycles. The van der Waals surface area contributed by atoms with Gasteiger partial charge in [-0.3, -0.25) is 4.79 Å². The third-order valence-corrected chi connectivity index (χ3v) is 3.17. The van der Waals surface area contributed by atoms with E-state index < -0.39 is 24.3 Å². The van der Waals surface area contributed by atoms with Crippen molar-refractivity contribution < 1.29 is 28.2 Å². The third-order valence-electron chi connectivity index (χ3n) is 3.17. The van der Waals surface area contributed by atoms with Gasteiger partial charge in [-0.2, -0.15) is 0 Å². The summed E-state index contributed by atoms with van der Waals surface area (Å²) in [5.74, 6) is -0.999. The first kappa shape index (κ1) is 19.2. The number of amides is 1. The van der Waals surface area contributed by atoms with Gasteiger partial charge < -0.3 is 19.5 Å². The van der Waals surface area contributed by atoms with Crippen molar-refractivity contribution in [2.24, 2.45) is 0 Å². The lowest BCUT2D eigenvalue weighted by atomic mass is 10.3. The van der Waals surface area contributed by atoms with Gasteiger partial charge in [0.2, 0.25) is 0 Å². The number of carbonyl (C=O) groups is 2. The molecule has 0 aliphatic rings. The molecule has 26 heavy (non-hydrogen) atoms. The zero-order chi connectivity index (χ0) is 18.8. The Morgan fingerprint density at radius 2 is 1.62 bits per heavy atom. The van der Waals surface area contributed by atoms with E-state index in [0.717, 1.165) is 6.42 Å². The van der Waals surface area contributed by atoms with E-state index in [1.807, 2.05) is 6.92 Å². The molecule has 0 atom stereocenters. The molecule has 0 aliphatic heterocycles. The van der Waals surface area contributed by atoms with Crippen LogP contribution in [0.5, 0.6) is 11.5 Å². The Morgan fingerprint density at radius 3 is 2.31 bits per heavy atom. The molecule has 0 aromatic heterocycles. The molecule has 0 spiro atoms. The van der Waals surface area contributed by atoms with Crippen molar-refractivity contribution in [3.8, 4) is 11.5 Å². The Labute approximate surface area is 150 Å². The summed E-state index contributed by atoms with van der Waals surface area (Å²) in [5.41, 5.74) is 0.0202. The highest BCUT2D eigenvalue weighted by Gasteiger charge is 2.12. The number of hydrogen-bond acceptors (Lipinski definition) is 5. The summed E-state index contributed by atoms with van der Waals surface area (Å²) in [6.07, 6.45) is 0.841.